The number of amides is 1. The average molecular weight is 294 g/mol. The fourth-order valence-electron chi connectivity index (χ4n) is 4.39. The molecular weight excluding hydrogens is 260 g/mol. The molecule has 1 saturated heterocycles. The SMILES string of the molecule is CC(C)CC1(CNC(=O)CC2NCCCC2C)CCCC1. The molecule has 0 spiro atoms. The van der Waals surface area contributed by atoms with Crippen molar-refractivity contribution in [1.29, 1.82) is 0 Å². The number of carbonyl (C=O) groups excluding carboxylic acids is 1. The van der Waals surface area contributed by atoms with E-state index in [9.17, 15) is 4.79 Å². The molecule has 0 aromatic rings. The molecule has 2 fully saturated rings. The first-order chi connectivity index (χ1) is 10.0. The normalized spacial score (nSPS) is 28.8. The Kier molecular flexibility index (Phi) is 6.09. The van der Waals surface area contributed by atoms with Gasteiger partial charge in [-0.25, -0.2) is 0 Å². The highest BCUT2D eigenvalue weighted by molar-refractivity contribution is 5.76. The average Bonchev–Trinajstić information content (AvgIpc) is 2.87. The van der Waals surface area contributed by atoms with Crippen LogP contribution in [-0.4, -0.2) is 25.0 Å². The minimum absolute atomic E-state index is 0.247. The lowest BCUT2D eigenvalue weighted by atomic mass is 9.78. The lowest BCUT2D eigenvalue weighted by Gasteiger charge is -2.33. The van der Waals surface area contributed by atoms with Crippen LogP contribution < -0.4 is 10.6 Å². The van der Waals surface area contributed by atoms with E-state index in [1.165, 1.54) is 44.9 Å². The van der Waals surface area contributed by atoms with Crippen LogP contribution in [0.15, 0.2) is 0 Å². The van der Waals surface area contributed by atoms with Gasteiger partial charge >= 0.3 is 0 Å². The van der Waals surface area contributed by atoms with E-state index in [-0.39, 0.29) is 5.91 Å². The van der Waals surface area contributed by atoms with Crippen molar-refractivity contribution in [2.45, 2.75) is 78.2 Å². The lowest BCUT2D eigenvalue weighted by molar-refractivity contribution is -0.122. The molecule has 3 heteroatoms. The largest absolute Gasteiger partial charge is 0.355 e. The molecular formula is C18H34N2O. The first-order valence-corrected chi connectivity index (χ1v) is 9.01. The van der Waals surface area contributed by atoms with E-state index in [1.807, 2.05) is 0 Å². The third-order valence-electron chi connectivity index (χ3n) is 5.50. The first-order valence-electron chi connectivity index (χ1n) is 9.01. The monoisotopic (exact) mass is 294 g/mol. The maximum absolute atomic E-state index is 12.3. The summed E-state index contributed by atoms with van der Waals surface area (Å²) < 4.78 is 0. The summed E-state index contributed by atoms with van der Waals surface area (Å²) in [6.07, 6.45) is 9.67. The van der Waals surface area contributed by atoms with Crippen LogP contribution in [0.25, 0.3) is 0 Å². The molecule has 21 heavy (non-hydrogen) atoms. The predicted octanol–water partition coefficient (Wildman–Crippen LogP) is 3.49. The molecule has 2 unspecified atom stereocenters. The second-order valence-corrected chi connectivity index (χ2v) is 7.97. The molecule has 1 amide bonds. The topological polar surface area (TPSA) is 41.1 Å². The van der Waals surface area contributed by atoms with Crippen LogP contribution in [0.5, 0.6) is 0 Å². The van der Waals surface area contributed by atoms with Gasteiger partial charge in [-0.1, -0.05) is 33.6 Å². The third-order valence-corrected chi connectivity index (χ3v) is 5.50. The van der Waals surface area contributed by atoms with Crippen LogP contribution in [0.1, 0.15) is 72.1 Å². The molecule has 3 nitrogen and oxygen atoms in total. The van der Waals surface area contributed by atoms with Crippen molar-refractivity contribution in [2.24, 2.45) is 17.3 Å². The fourth-order valence-corrected chi connectivity index (χ4v) is 4.39. The summed E-state index contributed by atoms with van der Waals surface area (Å²) in [6.45, 7) is 8.83. The lowest BCUT2D eigenvalue weighted by Crippen LogP contribution is -2.45. The Labute approximate surface area is 130 Å². The predicted molar refractivity (Wildman–Crippen MR) is 88.2 cm³/mol. The van der Waals surface area contributed by atoms with Gasteiger partial charge in [0, 0.05) is 19.0 Å². The summed E-state index contributed by atoms with van der Waals surface area (Å²) in [5, 5.41) is 6.77. The van der Waals surface area contributed by atoms with Crippen molar-refractivity contribution in [3.8, 4) is 0 Å². The number of hydrogen-bond acceptors (Lipinski definition) is 2. The minimum Gasteiger partial charge on any atom is -0.355 e. The molecule has 1 aliphatic carbocycles. The van der Waals surface area contributed by atoms with E-state index in [2.05, 4.69) is 31.4 Å². The van der Waals surface area contributed by atoms with E-state index >= 15 is 0 Å². The zero-order valence-electron chi connectivity index (χ0n) is 14.2. The molecule has 0 radical (unpaired) electrons. The van der Waals surface area contributed by atoms with E-state index in [1.54, 1.807) is 0 Å². The Hall–Kier alpha value is -0.570. The van der Waals surface area contributed by atoms with E-state index < -0.39 is 0 Å². The Morgan fingerprint density at radius 2 is 2.00 bits per heavy atom. The summed E-state index contributed by atoms with van der Waals surface area (Å²) in [7, 11) is 0. The molecule has 2 aliphatic rings. The molecule has 0 aromatic carbocycles. The minimum atomic E-state index is 0.247. The van der Waals surface area contributed by atoms with Crippen molar-refractivity contribution < 1.29 is 4.79 Å². The van der Waals surface area contributed by atoms with Gasteiger partial charge in [0.05, 0.1) is 0 Å². The highest BCUT2D eigenvalue weighted by atomic mass is 16.1. The second-order valence-electron chi connectivity index (χ2n) is 7.97. The highest BCUT2D eigenvalue weighted by Gasteiger charge is 2.35. The molecule has 122 valence electrons. The van der Waals surface area contributed by atoms with E-state index in [0.29, 0.717) is 23.8 Å². The van der Waals surface area contributed by atoms with Gasteiger partial charge in [-0.3, -0.25) is 4.79 Å². The van der Waals surface area contributed by atoms with Gasteiger partial charge in [-0.05, 0) is 55.9 Å². The molecule has 1 aliphatic heterocycles. The number of nitrogens with one attached hydrogen (secondary N) is 2. The molecule has 1 saturated carbocycles. The Morgan fingerprint density at radius 3 is 2.62 bits per heavy atom. The van der Waals surface area contributed by atoms with Gasteiger partial charge in [0.25, 0.3) is 0 Å². The summed E-state index contributed by atoms with van der Waals surface area (Å²) in [6, 6.07) is 0.378. The van der Waals surface area contributed by atoms with Gasteiger partial charge < -0.3 is 10.6 Å². The van der Waals surface area contributed by atoms with Crippen LogP contribution in [-0.2, 0) is 4.79 Å². The zero-order chi connectivity index (χ0) is 15.3. The summed E-state index contributed by atoms with van der Waals surface area (Å²) in [5.74, 6) is 1.59. The van der Waals surface area contributed by atoms with Gasteiger partial charge in [0.1, 0.15) is 0 Å². The van der Waals surface area contributed by atoms with Crippen molar-refractivity contribution in [2.75, 3.05) is 13.1 Å². The standard InChI is InChI=1S/C18H34N2O/c1-14(2)12-18(8-4-5-9-18)13-20-17(21)11-16-15(3)7-6-10-19-16/h14-16,19H,4-13H2,1-3H3,(H,20,21). The number of hydrogen-bond donors (Lipinski definition) is 2. The van der Waals surface area contributed by atoms with Crippen molar-refractivity contribution in [1.82, 2.24) is 10.6 Å². The third kappa shape index (κ3) is 4.98. The summed E-state index contributed by atoms with van der Waals surface area (Å²) in [4.78, 5) is 12.3. The Bertz CT molecular complexity index is 334. The fraction of sp³-hybridized carbons (Fsp3) is 0.944. The number of carbonyl (C=O) groups is 1. The maximum Gasteiger partial charge on any atom is 0.221 e. The van der Waals surface area contributed by atoms with Crippen LogP contribution in [0, 0.1) is 17.3 Å². The maximum atomic E-state index is 12.3. The molecule has 2 atom stereocenters. The molecule has 1 heterocycles. The Morgan fingerprint density at radius 1 is 1.29 bits per heavy atom. The summed E-state index contributed by atoms with van der Waals surface area (Å²) in [5.41, 5.74) is 0.384. The van der Waals surface area contributed by atoms with Gasteiger partial charge in [0.15, 0.2) is 0 Å². The molecule has 2 rings (SSSR count). The van der Waals surface area contributed by atoms with Crippen molar-refractivity contribution >= 4 is 5.91 Å². The van der Waals surface area contributed by atoms with Crippen molar-refractivity contribution in [3.63, 3.8) is 0 Å². The Balaban J connectivity index is 1.79. The smallest absolute Gasteiger partial charge is 0.221 e. The van der Waals surface area contributed by atoms with Gasteiger partial charge in [0.2, 0.25) is 5.91 Å². The molecule has 2 N–H and O–H groups in total. The molecule has 0 aromatic heterocycles. The zero-order valence-corrected chi connectivity index (χ0v) is 14.2. The van der Waals surface area contributed by atoms with Crippen LogP contribution in [0.3, 0.4) is 0 Å². The van der Waals surface area contributed by atoms with Gasteiger partial charge in [-0.2, -0.15) is 0 Å². The van der Waals surface area contributed by atoms with Crippen LogP contribution >= 0.6 is 0 Å². The van der Waals surface area contributed by atoms with Crippen LogP contribution in [0.2, 0.25) is 0 Å². The summed E-state index contributed by atoms with van der Waals surface area (Å²) >= 11 is 0. The van der Waals surface area contributed by atoms with Crippen LogP contribution in [0.4, 0.5) is 0 Å². The molecule has 0 bridgehead atoms. The van der Waals surface area contributed by atoms with E-state index in [4.69, 9.17) is 0 Å². The van der Waals surface area contributed by atoms with E-state index in [0.717, 1.165) is 19.0 Å². The quantitative estimate of drug-likeness (QED) is 0.787. The second kappa shape index (κ2) is 7.62. The first kappa shape index (κ1) is 16.8. The van der Waals surface area contributed by atoms with Crippen molar-refractivity contribution in [3.05, 3.63) is 0 Å². The number of piperidine rings is 1. The highest BCUT2D eigenvalue weighted by Crippen LogP contribution is 2.42. The number of rotatable bonds is 6. The van der Waals surface area contributed by atoms with Gasteiger partial charge in [-0.15, -0.1) is 0 Å².